The number of quaternary nitrogens is 1. The Balaban J connectivity index is 2.16. The number of H-pyrrole nitrogens is 1. The summed E-state index contributed by atoms with van der Waals surface area (Å²) < 4.78 is 6.32. The molecule has 0 bridgehead atoms. The van der Waals surface area contributed by atoms with Crippen LogP contribution < -0.4 is 15.1 Å². The fourth-order valence-electron chi connectivity index (χ4n) is 2.67. The van der Waals surface area contributed by atoms with E-state index in [1.54, 1.807) is 19.4 Å². The van der Waals surface area contributed by atoms with Gasteiger partial charge in [-0.3, -0.25) is 4.79 Å². The molecule has 0 saturated heterocycles. The van der Waals surface area contributed by atoms with Crippen LogP contribution >= 0.6 is 15.9 Å². The number of hydrogen-bond donors (Lipinski definition) is 3. The molecule has 1 heterocycles. The SMILES string of the molecule is CC[NH+](CC)Cc1cc(/C(C)=N\NC(=O)c2cc(Br)c[nH]2)ccc1OC. The van der Waals surface area contributed by atoms with Gasteiger partial charge in [-0.05, 0) is 66.5 Å². The summed E-state index contributed by atoms with van der Waals surface area (Å²) in [4.78, 5) is 16.4. The first-order valence-corrected chi connectivity index (χ1v) is 9.47. The van der Waals surface area contributed by atoms with E-state index in [2.05, 4.69) is 51.4 Å². The molecule has 0 radical (unpaired) electrons. The van der Waals surface area contributed by atoms with Crippen molar-refractivity contribution in [3.8, 4) is 5.75 Å². The van der Waals surface area contributed by atoms with Gasteiger partial charge in [-0.1, -0.05) is 0 Å². The molecule has 0 aliphatic rings. The third-order valence-corrected chi connectivity index (χ3v) is 4.81. The Morgan fingerprint density at radius 1 is 1.31 bits per heavy atom. The fraction of sp³-hybridized carbons (Fsp3) is 0.368. The Morgan fingerprint density at radius 2 is 2.04 bits per heavy atom. The molecule has 1 aromatic heterocycles. The molecular weight excluding hydrogens is 396 g/mol. The molecule has 0 unspecified atom stereocenters. The van der Waals surface area contributed by atoms with Gasteiger partial charge >= 0.3 is 0 Å². The van der Waals surface area contributed by atoms with Gasteiger partial charge in [0.25, 0.3) is 5.91 Å². The molecule has 1 amide bonds. The first kappa shape index (κ1) is 20.2. The van der Waals surface area contributed by atoms with Crippen molar-refractivity contribution >= 4 is 27.5 Å². The molecule has 0 fully saturated rings. The Kier molecular flexibility index (Phi) is 7.41. The number of aromatic amines is 1. The van der Waals surface area contributed by atoms with Crippen molar-refractivity contribution in [2.24, 2.45) is 5.10 Å². The maximum atomic E-state index is 12.1. The lowest BCUT2D eigenvalue weighted by Crippen LogP contribution is -3.10. The van der Waals surface area contributed by atoms with Crippen LogP contribution in [0.15, 0.2) is 40.0 Å². The number of aromatic nitrogens is 1. The minimum Gasteiger partial charge on any atom is -0.496 e. The van der Waals surface area contributed by atoms with Gasteiger partial charge in [0.1, 0.15) is 18.0 Å². The molecule has 2 aromatic rings. The summed E-state index contributed by atoms with van der Waals surface area (Å²) >= 11 is 3.31. The summed E-state index contributed by atoms with van der Waals surface area (Å²) in [7, 11) is 1.69. The van der Waals surface area contributed by atoms with E-state index in [9.17, 15) is 4.79 Å². The summed E-state index contributed by atoms with van der Waals surface area (Å²) in [6.45, 7) is 9.23. The molecule has 2 rings (SSSR count). The van der Waals surface area contributed by atoms with Crippen molar-refractivity contribution in [3.05, 3.63) is 51.8 Å². The van der Waals surface area contributed by atoms with Crippen LogP contribution in [0, 0.1) is 0 Å². The van der Waals surface area contributed by atoms with Crippen LogP contribution in [0.1, 0.15) is 42.4 Å². The minimum atomic E-state index is -0.281. The standard InChI is InChI=1S/C19H25BrN4O2/c1-5-24(6-2)12-15-9-14(7-8-18(15)26-4)13(3)22-23-19(25)17-10-16(20)11-21-17/h7-11,21H,5-6,12H2,1-4H3,(H,23,25)/p+1/b22-13-. The van der Waals surface area contributed by atoms with Crippen LogP contribution in [-0.2, 0) is 6.54 Å². The minimum absolute atomic E-state index is 0.281. The van der Waals surface area contributed by atoms with E-state index in [1.807, 2.05) is 19.1 Å². The molecule has 0 spiro atoms. The first-order chi connectivity index (χ1) is 12.5. The number of ether oxygens (including phenoxy) is 1. The maximum absolute atomic E-state index is 12.1. The molecule has 7 heteroatoms. The van der Waals surface area contributed by atoms with Crippen molar-refractivity contribution in [1.29, 1.82) is 0 Å². The molecule has 0 atom stereocenters. The van der Waals surface area contributed by atoms with E-state index in [1.165, 1.54) is 4.90 Å². The number of amides is 1. The van der Waals surface area contributed by atoms with Crippen LogP contribution in [-0.4, -0.2) is 36.8 Å². The van der Waals surface area contributed by atoms with E-state index in [0.717, 1.165) is 46.7 Å². The summed E-state index contributed by atoms with van der Waals surface area (Å²) in [5.41, 5.74) is 5.87. The molecular formula is C19H26BrN4O2+. The molecule has 6 nitrogen and oxygen atoms in total. The number of methoxy groups -OCH3 is 1. The predicted molar refractivity (Wildman–Crippen MR) is 107 cm³/mol. The number of nitrogens with zero attached hydrogens (tertiary/aromatic N) is 1. The number of hydrogen-bond acceptors (Lipinski definition) is 3. The average molecular weight is 422 g/mol. The number of benzene rings is 1. The van der Waals surface area contributed by atoms with Crippen molar-refractivity contribution in [2.75, 3.05) is 20.2 Å². The average Bonchev–Trinajstić information content (AvgIpc) is 3.10. The summed E-state index contributed by atoms with van der Waals surface area (Å²) in [6.07, 6.45) is 1.71. The van der Waals surface area contributed by atoms with Gasteiger partial charge in [-0.2, -0.15) is 5.10 Å². The van der Waals surface area contributed by atoms with E-state index in [0.29, 0.717) is 5.69 Å². The second kappa shape index (κ2) is 9.54. The van der Waals surface area contributed by atoms with Crippen molar-refractivity contribution < 1.29 is 14.4 Å². The van der Waals surface area contributed by atoms with Crippen molar-refractivity contribution in [3.63, 3.8) is 0 Å². The zero-order valence-electron chi connectivity index (χ0n) is 15.6. The highest BCUT2D eigenvalue weighted by molar-refractivity contribution is 9.10. The number of nitrogens with one attached hydrogen (secondary N) is 3. The summed E-state index contributed by atoms with van der Waals surface area (Å²) in [6, 6.07) is 7.70. The largest absolute Gasteiger partial charge is 0.496 e. The topological polar surface area (TPSA) is 70.9 Å². The highest BCUT2D eigenvalue weighted by Gasteiger charge is 2.12. The van der Waals surface area contributed by atoms with Crippen molar-refractivity contribution in [2.45, 2.75) is 27.3 Å². The lowest BCUT2D eigenvalue weighted by molar-refractivity contribution is -0.910. The molecule has 3 N–H and O–H groups in total. The molecule has 0 saturated carbocycles. The van der Waals surface area contributed by atoms with Crippen LogP contribution in [0.4, 0.5) is 0 Å². The van der Waals surface area contributed by atoms with Gasteiger partial charge in [0.2, 0.25) is 0 Å². The van der Waals surface area contributed by atoms with Gasteiger partial charge in [-0.25, -0.2) is 5.43 Å². The van der Waals surface area contributed by atoms with Crippen LogP contribution in [0.2, 0.25) is 0 Å². The number of halogens is 1. The van der Waals surface area contributed by atoms with E-state index in [4.69, 9.17) is 4.74 Å². The second-order valence-corrected chi connectivity index (χ2v) is 6.95. The van der Waals surface area contributed by atoms with E-state index < -0.39 is 0 Å². The third kappa shape index (κ3) is 5.19. The van der Waals surface area contributed by atoms with Gasteiger partial charge in [0, 0.05) is 16.2 Å². The summed E-state index contributed by atoms with van der Waals surface area (Å²) in [5, 5.41) is 4.23. The Hall–Kier alpha value is -2.12. The monoisotopic (exact) mass is 421 g/mol. The Morgan fingerprint density at radius 3 is 2.62 bits per heavy atom. The molecule has 0 aliphatic carbocycles. The number of hydrazone groups is 1. The van der Waals surface area contributed by atoms with Crippen LogP contribution in [0.3, 0.4) is 0 Å². The predicted octanol–water partition coefficient (Wildman–Crippen LogP) is 2.36. The quantitative estimate of drug-likeness (QED) is 0.452. The molecule has 0 aliphatic heterocycles. The zero-order chi connectivity index (χ0) is 19.1. The van der Waals surface area contributed by atoms with E-state index in [-0.39, 0.29) is 5.91 Å². The Labute approximate surface area is 162 Å². The normalized spacial score (nSPS) is 11.7. The Bertz CT molecular complexity index is 782. The van der Waals surface area contributed by atoms with Crippen molar-refractivity contribution in [1.82, 2.24) is 10.4 Å². The fourth-order valence-corrected chi connectivity index (χ4v) is 3.01. The number of carbonyl (C=O) groups is 1. The van der Waals surface area contributed by atoms with Gasteiger partial charge in [-0.15, -0.1) is 0 Å². The van der Waals surface area contributed by atoms with Gasteiger partial charge in [0.15, 0.2) is 0 Å². The lowest BCUT2D eigenvalue weighted by Gasteiger charge is -2.18. The molecule has 140 valence electrons. The third-order valence-electron chi connectivity index (χ3n) is 4.36. The van der Waals surface area contributed by atoms with Crippen LogP contribution in [0.5, 0.6) is 5.75 Å². The molecule has 1 aromatic carbocycles. The van der Waals surface area contributed by atoms with Gasteiger partial charge in [0.05, 0.1) is 25.9 Å². The second-order valence-electron chi connectivity index (χ2n) is 6.03. The molecule has 26 heavy (non-hydrogen) atoms. The highest BCUT2D eigenvalue weighted by Crippen LogP contribution is 2.19. The first-order valence-electron chi connectivity index (χ1n) is 8.67. The number of carbonyl (C=O) groups excluding carboxylic acids is 1. The highest BCUT2D eigenvalue weighted by atomic mass is 79.9. The van der Waals surface area contributed by atoms with E-state index >= 15 is 0 Å². The number of rotatable bonds is 8. The van der Waals surface area contributed by atoms with Gasteiger partial charge < -0.3 is 14.6 Å². The summed E-state index contributed by atoms with van der Waals surface area (Å²) in [5.74, 6) is 0.595. The maximum Gasteiger partial charge on any atom is 0.287 e. The lowest BCUT2D eigenvalue weighted by atomic mass is 10.1. The van der Waals surface area contributed by atoms with Crippen LogP contribution in [0.25, 0.3) is 0 Å². The zero-order valence-corrected chi connectivity index (χ0v) is 17.2. The smallest absolute Gasteiger partial charge is 0.287 e.